The summed E-state index contributed by atoms with van der Waals surface area (Å²) < 4.78 is 0. The lowest BCUT2D eigenvalue weighted by atomic mass is 10.2. The third-order valence-corrected chi connectivity index (χ3v) is 2.74. The van der Waals surface area contributed by atoms with Gasteiger partial charge in [-0.2, -0.15) is 11.3 Å². The molecule has 1 rings (SSSR count). The van der Waals surface area contributed by atoms with Gasteiger partial charge >= 0.3 is 0 Å². The Bertz CT molecular complexity index is 307. The molecular formula is C9H13NO3S. The second kappa shape index (κ2) is 5.09. The quantitative estimate of drug-likeness (QED) is 0.669. The van der Waals surface area contributed by atoms with Gasteiger partial charge in [0.2, 0.25) is 0 Å². The summed E-state index contributed by atoms with van der Waals surface area (Å²) in [4.78, 5) is 11.5. The fraction of sp³-hybridized carbons (Fsp3) is 0.444. The van der Waals surface area contributed by atoms with Crippen LogP contribution in [0.25, 0.3) is 0 Å². The van der Waals surface area contributed by atoms with Crippen LogP contribution in [0, 0.1) is 6.92 Å². The molecular weight excluding hydrogens is 202 g/mol. The molecule has 0 aliphatic heterocycles. The third-order valence-electron chi connectivity index (χ3n) is 1.88. The highest BCUT2D eigenvalue weighted by Gasteiger charge is 2.13. The van der Waals surface area contributed by atoms with Crippen molar-refractivity contribution in [1.29, 1.82) is 0 Å². The molecule has 5 heteroatoms. The Morgan fingerprint density at radius 2 is 2.14 bits per heavy atom. The van der Waals surface area contributed by atoms with E-state index in [0.717, 1.165) is 5.56 Å². The van der Waals surface area contributed by atoms with Crippen molar-refractivity contribution >= 4 is 17.2 Å². The number of carbonyl (C=O) groups excluding carboxylic acids is 1. The van der Waals surface area contributed by atoms with E-state index in [9.17, 15) is 4.79 Å². The van der Waals surface area contributed by atoms with Crippen molar-refractivity contribution in [1.82, 2.24) is 5.32 Å². The minimum absolute atomic E-state index is 0.253. The first-order chi connectivity index (χ1) is 6.69. The summed E-state index contributed by atoms with van der Waals surface area (Å²) in [5, 5.41) is 23.7. The summed E-state index contributed by atoms with van der Waals surface area (Å²) in [5.74, 6) is -0.253. The van der Waals surface area contributed by atoms with Gasteiger partial charge in [-0.1, -0.05) is 0 Å². The van der Waals surface area contributed by atoms with Crippen LogP contribution in [0.2, 0.25) is 0 Å². The van der Waals surface area contributed by atoms with Crippen LogP contribution in [0.3, 0.4) is 0 Å². The number of amides is 1. The molecule has 1 aromatic rings. The van der Waals surface area contributed by atoms with Crippen LogP contribution >= 0.6 is 11.3 Å². The minimum atomic E-state index is -0.582. The van der Waals surface area contributed by atoms with E-state index in [1.807, 2.05) is 12.3 Å². The van der Waals surface area contributed by atoms with E-state index < -0.39 is 6.04 Å². The number of carbonyl (C=O) groups is 1. The molecule has 78 valence electrons. The van der Waals surface area contributed by atoms with Gasteiger partial charge in [0.05, 0.1) is 24.8 Å². The topological polar surface area (TPSA) is 69.6 Å². The molecule has 0 radical (unpaired) electrons. The average Bonchev–Trinajstić information content (AvgIpc) is 2.60. The Morgan fingerprint density at radius 3 is 2.57 bits per heavy atom. The number of aryl methyl sites for hydroxylation is 1. The molecule has 0 saturated carbocycles. The zero-order chi connectivity index (χ0) is 10.6. The van der Waals surface area contributed by atoms with Gasteiger partial charge in [0.15, 0.2) is 0 Å². The Morgan fingerprint density at radius 1 is 1.50 bits per heavy atom. The third kappa shape index (κ3) is 2.54. The van der Waals surface area contributed by atoms with Gasteiger partial charge in [0.25, 0.3) is 5.91 Å². The summed E-state index contributed by atoms with van der Waals surface area (Å²) in [6.45, 7) is 1.33. The first kappa shape index (κ1) is 11.2. The highest BCUT2D eigenvalue weighted by molar-refractivity contribution is 7.08. The van der Waals surface area contributed by atoms with Crippen molar-refractivity contribution in [3.05, 3.63) is 21.9 Å². The van der Waals surface area contributed by atoms with Crippen LogP contribution in [-0.4, -0.2) is 35.4 Å². The van der Waals surface area contributed by atoms with Crippen LogP contribution in [0.15, 0.2) is 10.8 Å². The Labute approximate surface area is 86.2 Å². The second-order valence-electron chi connectivity index (χ2n) is 3.00. The van der Waals surface area contributed by atoms with Gasteiger partial charge in [-0.15, -0.1) is 0 Å². The summed E-state index contributed by atoms with van der Waals surface area (Å²) in [7, 11) is 0. The molecule has 0 aliphatic carbocycles. The van der Waals surface area contributed by atoms with Gasteiger partial charge in [-0.3, -0.25) is 4.79 Å². The van der Waals surface area contributed by atoms with E-state index in [-0.39, 0.29) is 19.1 Å². The molecule has 14 heavy (non-hydrogen) atoms. The molecule has 1 heterocycles. The standard InChI is InChI=1S/C9H13NO3S/c1-6-4-14-5-8(6)9(13)10-7(2-11)3-12/h4-5,7,11-12H,2-3H2,1H3,(H,10,13). The SMILES string of the molecule is Cc1cscc1C(=O)NC(CO)CO. The number of nitrogens with one attached hydrogen (secondary N) is 1. The zero-order valence-corrected chi connectivity index (χ0v) is 8.67. The minimum Gasteiger partial charge on any atom is -0.394 e. The maximum absolute atomic E-state index is 11.5. The maximum atomic E-state index is 11.5. The molecule has 0 aliphatic rings. The molecule has 3 N–H and O–H groups in total. The predicted molar refractivity (Wildman–Crippen MR) is 54.5 cm³/mol. The van der Waals surface area contributed by atoms with Crippen molar-refractivity contribution < 1.29 is 15.0 Å². The number of hydrogen-bond donors (Lipinski definition) is 3. The Hall–Kier alpha value is -0.910. The lowest BCUT2D eigenvalue weighted by Crippen LogP contribution is -2.40. The Balaban J connectivity index is 2.63. The van der Waals surface area contributed by atoms with E-state index in [1.54, 1.807) is 5.38 Å². The van der Waals surface area contributed by atoms with Crippen LogP contribution in [-0.2, 0) is 0 Å². The van der Waals surface area contributed by atoms with Gasteiger partial charge in [-0.05, 0) is 17.9 Å². The van der Waals surface area contributed by atoms with Crippen LogP contribution in [0.4, 0.5) is 0 Å². The van der Waals surface area contributed by atoms with Crippen molar-refractivity contribution in [2.45, 2.75) is 13.0 Å². The highest BCUT2D eigenvalue weighted by atomic mass is 32.1. The zero-order valence-electron chi connectivity index (χ0n) is 7.86. The number of hydrogen-bond acceptors (Lipinski definition) is 4. The normalized spacial score (nSPS) is 10.6. The van der Waals surface area contributed by atoms with E-state index in [1.165, 1.54) is 11.3 Å². The molecule has 0 fully saturated rings. The van der Waals surface area contributed by atoms with E-state index >= 15 is 0 Å². The summed E-state index contributed by atoms with van der Waals surface area (Å²) in [5.41, 5.74) is 1.50. The van der Waals surface area contributed by atoms with Crippen LogP contribution in [0.1, 0.15) is 15.9 Å². The average molecular weight is 215 g/mol. The van der Waals surface area contributed by atoms with Crippen LogP contribution < -0.4 is 5.32 Å². The van der Waals surface area contributed by atoms with Gasteiger partial charge in [-0.25, -0.2) is 0 Å². The van der Waals surface area contributed by atoms with Gasteiger partial charge in [0, 0.05) is 5.38 Å². The maximum Gasteiger partial charge on any atom is 0.252 e. The molecule has 0 aromatic carbocycles. The molecule has 0 atom stereocenters. The largest absolute Gasteiger partial charge is 0.394 e. The monoisotopic (exact) mass is 215 g/mol. The molecule has 0 spiro atoms. The van der Waals surface area contributed by atoms with Gasteiger partial charge < -0.3 is 15.5 Å². The lowest BCUT2D eigenvalue weighted by molar-refractivity contribution is 0.0879. The number of thiophene rings is 1. The summed E-state index contributed by atoms with van der Waals surface area (Å²) in [6, 6.07) is -0.582. The lowest BCUT2D eigenvalue weighted by Gasteiger charge is -2.12. The first-order valence-corrected chi connectivity index (χ1v) is 5.18. The summed E-state index contributed by atoms with van der Waals surface area (Å²) >= 11 is 1.45. The summed E-state index contributed by atoms with van der Waals surface area (Å²) in [6.07, 6.45) is 0. The van der Waals surface area contributed by atoms with E-state index in [4.69, 9.17) is 10.2 Å². The molecule has 0 unspecified atom stereocenters. The number of aliphatic hydroxyl groups is 2. The smallest absolute Gasteiger partial charge is 0.252 e. The molecule has 4 nitrogen and oxygen atoms in total. The Kier molecular flexibility index (Phi) is 4.06. The van der Waals surface area contributed by atoms with E-state index in [0.29, 0.717) is 5.56 Å². The molecule has 0 saturated heterocycles. The number of rotatable bonds is 4. The molecule has 1 aromatic heterocycles. The predicted octanol–water partition coefficient (Wildman–Crippen LogP) is 0.140. The fourth-order valence-corrected chi connectivity index (χ4v) is 1.83. The van der Waals surface area contributed by atoms with Crippen molar-refractivity contribution in [2.24, 2.45) is 0 Å². The molecule has 1 amide bonds. The van der Waals surface area contributed by atoms with Crippen LogP contribution in [0.5, 0.6) is 0 Å². The van der Waals surface area contributed by atoms with Crippen molar-refractivity contribution in [2.75, 3.05) is 13.2 Å². The highest BCUT2D eigenvalue weighted by Crippen LogP contribution is 2.13. The second-order valence-corrected chi connectivity index (χ2v) is 3.75. The van der Waals surface area contributed by atoms with Crippen molar-refractivity contribution in [3.8, 4) is 0 Å². The first-order valence-electron chi connectivity index (χ1n) is 4.24. The number of aliphatic hydroxyl groups excluding tert-OH is 2. The van der Waals surface area contributed by atoms with E-state index in [2.05, 4.69) is 5.32 Å². The van der Waals surface area contributed by atoms with Crippen molar-refractivity contribution in [3.63, 3.8) is 0 Å². The molecule has 0 bridgehead atoms. The van der Waals surface area contributed by atoms with Gasteiger partial charge in [0.1, 0.15) is 0 Å². The fourth-order valence-electron chi connectivity index (χ4n) is 1.01.